The molecule has 0 aromatic carbocycles. The highest BCUT2D eigenvalue weighted by atomic mass is 16.5. The molecule has 0 aromatic rings. The number of allylic oxidation sites excluding steroid dienone is 14. The number of carbonyl (C=O) groups excluding carboxylic acids is 2. The van der Waals surface area contributed by atoms with E-state index in [4.69, 9.17) is 4.74 Å². The number of ether oxygens (including phenoxy) is 1. The lowest BCUT2D eigenvalue weighted by molar-refractivity contribution is -0.151. The maximum Gasteiger partial charge on any atom is 0.306 e. The van der Waals surface area contributed by atoms with Crippen LogP contribution in [0.4, 0.5) is 0 Å². The average Bonchev–Trinajstić information content (AvgIpc) is 3.30. The van der Waals surface area contributed by atoms with Crippen LogP contribution in [0.3, 0.4) is 0 Å². The lowest BCUT2D eigenvalue weighted by atomic mass is 10.0. The molecule has 0 fully saturated rings. The molecule has 0 heterocycles. The third-order valence-corrected chi connectivity index (χ3v) is 12.0. The first kappa shape index (κ1) is 62.0. The zero-order chi connectivity index (χ0) is 47.4. The van der Waals surface area contributed by atoms with Gasteiger partial charge in [0, 0.05) is 6.42 Å². The Morgan fingerprint density at radius 2 is 0.908 bits per heavy atom. The Morgan fingerprint density at radius 3 is 1.45 bits per heavy atom. The summed E-state index contributed by atoms with van der Waals surface area (Å²) in [6, 6.07) is -0.728. The van der Waals surface area contributed by atoms with E-state index in [1.54, 1.807) is 0 Å². The summed E-state index contributed by atoms with van der Waals surface area (Å²) in [5.74, 6) is -0.554. The van der Waals surface area contributed by atoms with Crippen LogP contribution >= 0.6 is 0 Å². The molecule has 0 saturated heterocycles. The van der Waals surface area contributed by atoms with Crippen molar-refractivity contribution in [1.82, 2.24) is 5.32 Å². The van der Waals surface area contributed by atoms with Crippen LogP contribution in [0.1, 0.15) is 252 Å². The molecule has 0 bridgehead atoms. The second-order valence-corrected chi connectivity index (χ2v) is 18.3. The Labute approximate surface area is 402 Å². The molecular weight excluding hydrogens is 803 g/mol. The lowest BCUT2D eigenvalue weighted by Crippen LogP contribution is -2.46. The van der Waals surface area contributed by atoms with Gasteiger partial charge in [-0.25, -0.2) is 0 Å². The van der Waals surface area contributed by atoms with E-state index in [1.165, 1.54) is 109 Å². The van der Waals surface area contributed by atoms with E-state index in [0.29, 0.717) is 19.3 Å². The van der Waals surface area contributed by atoms with Crippen molar-refractivity contribution in [2.75, 3.05) is 6.61 Å². The molecule has 6 heteroatoms. The zero-order valence-corrected chi connectivity index (χ0v) is 42.6. The molecule has 0 aliphatic rings. The van der Waals surface area contributed by atoms with E-state index in [-0.39, 0.29) is 24.9 Å². The molecular formula is C59H103NO5. The number of hydrogen-bond donors (Lipinski definition) is 3. The minimum absolute atomic E-state index is 0.0280. The van der Waals surface area contributed by atoms with Crippen molar-refractivity contribution in [2.45, 2.75) is 270 Å². The van der Waals surface area contributed by atoms with Crippen LogP contribution in [-0.4, -0.2) is 46.9 Å². The van der Waals surface area contributed by atoms with Crippen molar-refractivity contribution in [2.24, 2.45) is 0 Å². The largest absolute Gasteiger partial charge is 0.462 e. The molecule has 0 spiro atoms. The lowest BCUT2D eigenvalue weighted by Gasteiger charge is -2.24. The maximum atomic E-state index is 13.2. The predicted octanol–water partition coefficient (Wildman–Crippen LogP) is 16.7. The Bertz CT molecular complexity index is 1250. The number of carbonyl (C=O) groups is 2. The molecule has 374 valence electrons. The van der Waals surface area contributed by atoms with Gasteiger partial charge < -0.3 is 20.3 Å². The van der Waals surface area contributed by atoms with E-state index in [0.717, 1.165) is 96.3 Å². The van der Waals surface area contributed by atoms with Crippen LogP contribution in [0.5, 0.6) is 0 Å². The van der Waals surface area contributed by atoms with Crippen LogP contribution in [0.25, 0.3) is 0 Å². The van der Waals surface area contributed by atoms with Crippen LogP contribution in [0.2, 0.25) is 0 Å². The second-order valence-electron chi connectivity index (χ2n) is 18.3. The quantitative estimate of drug-likeness (QED) is 0.0245. The van der Waals surface area contributed by atoms with E-state index >= 15 is 0 Å². The second kappa shape index (κ2) is 52.0. The smallest absolute Gasteiger partial charge is 0.306 e. The van der Waals surface area contributed by atoms with E-state index in [1.807, 2.05) is 0 Å². The number of rotatable bonds is 48. The molecule has 3 unspecified atom stereocenters. The van der Waals surface area contributed by atoms with Crippen LogP contribution in [-0.2, 0) is 14.3 Å². The Kier molecular flexibility index (Phi) is 49.6. The SMILES string of the molecule is CC/C=C/C=C/C=C\CCCCCCCC(=O)OC(CCC/C=C\C/C=C\C/C=C\C/C=C\CCCCC)CC(=O)NC(CO)C(O)CCCCCCCCCCCCCCCCCC. The van der Waals surface area contributed by atoms with Gasteiger partial charge in [-0.3, -0.25) is 9.59 Å². The number of aliphatic hydroxyl groups excluding tert-OH is 2. The summed E-state index contributed by atoms with van der Waals surface area (Å²) in [5, 5.41) is 23.8. The maximum absolute atomic E-state index is 13.2. The monoisotopic (exact) mass is 906 g/mol. The fourth-order valence-electron chi connectivity index (χ4n) is 7.89. The highest BCUT2D eigenvalue weighted by Gasteiger charge is 2.24. The van der Waals surface area contributed by atoms with Crippen LogP contribution < -0.4 is 5.32 Å². The van der Waals surface area contributed by atoms with Gasteiger partial charge in [0.1, 0.15) is 6.10 Å². The van der Waals surface area contributed by atoms with Crippen molar-refractivity contribution < 1.29 is 24.5 Å². The summed E-state index contributed by atoms with van der Waals surface area (Å²) >= 11 is 0. The molecule has 6 nitrogen and oxygen atoms in total. The number of unbranched alkanes of at least 4 members (excludes halogenated alkanes) is 24. The van der Waals surface area contributed by atoms with Crippen molar-refractivity contribution in [3.63, 3.8) is 0 Å². The summed E-state index contributed by atoms with van der Waals surface area (Å²) in [7, 11) is 0. The van der Waals surface area contributed by atoms with Gasteiger partial charge in [0.2, 0.25) is 5.91 Å². The van der Waals surface area contributed by atoms with E-state index in [2.05, 4.69) is 111 Å². The highest BCUT2D eigenvalue weighted by molar-refractivity contribution is 5.77. The Morgan fingerprint density at radius 1 is 0.477 bits per heavy atom. The third kappa shape index (κ3) is 47.3. The Balaban J connectivity index is 4.68. The fraction of sp³-hybridized carbons (Fsp3) is 0.729. The molecule has 0 rings (SSSR count). The number of nitrogens with one attached hydrogen (secondary N) is 1. The van der Waals surface area contributed by atoms with Crippen LogP contribution in [0.15, 0.2) is 85.1 Å². The summed E-state index contributed by atoms with van der Waals surface area (Å²) < 4.78 is 5.91. The minimum Gasteiger partial charge on any atom is -0.462 e. The van der Waals surface area contributed by atoms with Gasteiger partial charge in [0.25, 0.3) is 0 Å². The molecule has 0 aromatic heterocycles. The van der Waals surface area contributed by atoms with Crippen molar-refractivity contribution in [3.05, 3.63) is 85.1 Å². The molecule has 0 saturated carbocycles. The van der Waals surface area contributed by atoms with Gasteiger partial charge in [-0.05, 0) is 83.5 Å². The zero-order valence-electron chi connectivity index (χ0n) is 42.6. The van der Waals surface area contributed by atoms with Gasteiger partial charge in [0.05, 0.1) is 25.2 Å². The first-order chi connectivity index (χ1) is 32.0. The molecule has 3 N–H and O–H groups in total. The summed E-state index contributed by atoms with van der Waals surface area (Å²) in [6.07, 6.45) is 67.9. The van der Waals surface area contributed by atoms with Gasteiger partial charge in [0.15, 0.2) is 0 Å². The third-order valence-electron chi connectivity index (χ3n) is 12.0. The van der Waals surface area contributed by atoms with Gasteiger partial charge in [-0.1, -0.05) is 241 Å². The van der Waals surface area contributed by atoms with Gasteiger partial charge in [-0.2, -0.15) is 0 Å². The van der Waals surface area contributed by atoms with Crippen molar-refractivity contribution in [3.8, 4) is 0 Å². The summed E-state index contributed by atoms with van der Waals surface area (Å²) in [4.78, 5) is 26.2. The first-order valence-electron chi connectivity index (χ1n) is 27.3. The number of esters is 1. The average molecular weight is 906 g/mol. The molecule has 3 atom stereocenters. The van der Waals surface area contributed by atoms with Gasteiger partial charge >= 0.3 is 5.97 Å². The number of hydrogen-bond acceptors (Lipinski definition) is 5. The summed E-state index contributed by atoms with van der Waals surface area (Å²) in [6.45, 7) is 6.31. The minimum atomic E-state index is -0.810. The molecule has 0 aliphatic carbocycles. The Hall–Kier alpha value is -2.96. The van der Waals surface area contributed by atoms with Gasteiger partial charge in [-0.15, -0.1) is 0 Å². The van der Waals surface area contributed by atoms with E-state index < -0.39 is 18.2 Å². The normalized spacial score (nSPS) is 13.9. The fourth-order valence-corrected chi connectivity index (χ4v) is 7.89. The van der Waals surface area contributed by atoms with Crippen molar-refractivity contribution in [1.29, 1.82) is 0 Å². The molecule has 0 radical (unpaired) electrons. The molecule has 1 amide bonds. The number of aliphatic hydroxyl groups is 2. The molecule has 65 heavy (non-hydrogen) atoms. The standard InChI is InChI=1S/C59H103NO5/c1-4-7-10-13-16-19-22-25-27-29-30-33-35-38-41-44-47-50-55(65-59(64)52-49-46-43-40-37-32-24-21-18-15-12-9-6-3)53-58(63)60-56(54-61)57(62)51-48-45-42-39-36-34-31-28-26-23-20-17-14-11-8-5-2/h9,12,15-16,18-19,21,24-25,27,30,33,38,41,55-57,61-62H,4-8,10-11,13-14,17,20,22-23,26,28-29,31-32,34-37,39-40,42-54H2,1-3H3,(H,60,63)/b12-9+,18-15+,19-16-,24-21-,27-25-,33-30-,41-38-. The van der Waals surface area contributed by atoms with E-state index in [9.17, 15) is 19.8 Å². The predicted molar refractivity (Wildman–Crippen MR) is 282 cm³/mol. The van der Waals surface area contributed by atoms with Crippen LogP contribution in [0, 0.1) is 0 Å². The number of amides is 1. The highest BCUT2D eigenvalue weighted by Crippen LogP contribution is 2.17. The topological polar surface area (TPSA) is 95.9 Å². The summed E-state index contributed by atoms with van der Waals surface area (Å²) in [5.41, 5.74) is 0. The molecule has 0 aliphatic heterocycles. The first-order valence-corrected chi connectivity index (χ1v) is 27.3. The van der Waals surface area contributed by atoms with Crippen molar-refractivity contribution >= 4 is 11.9 Å².